The average molecular weight is 460 g/mol. The molecule has 0 spiro atoms. The first kappa shape index (κ1) is 23.0. The lowest BCUT2D eigenvalue weighted by molar-refractivity contribution is -0.118. The number of hydrogen-bond acceptors (Lipinski definition) is 6. The number of benzene rings is 2. The number of rotatable bonds is 10. The van der Waals surface area contributed by atoms with Crippen molar-refractivity contribution < 1.29 is 9.53 Å². The lowest BCUT2D eigenvalue weighted by Crippen LogP contribution is -2.27. The first-order valence-electron chi connectivity index (χ1n) is 9.98. The molecule has 0 saturated heterocycles. The van der Waals surface area contributed by atoms with Crippen LogP contribution in [0.2, 0.25) is 5.02 Å². The highest BCUT2D eigenvalue weighted by Gasteiger charge is 2.13. The molecule has 164 valence electrons. The first-order chi connectivity index (χ1) is 14.9. The van der Waals surface area contributed by atoms with Crippen LogP contribution in [0.25, 0.3) is 0 Å². The molecule has 9 heteroatoms. The van der Waals surface area contributed by atoms with E-state index >= 15 is 0 Å². The van der Waals surface area contributed by atoms with Crippen LogP contribution in [0.3, 0.4) is 0 Å². The number of nitrogens with one attached hydrogen (secondary N) is 1. The number of hydrogen-bond donors (Lipinski definition) is 2. The monoisotopic (exact) mass is 459 g/mol. The second kappa shape index (κ2) is 11.1. The molecule has 0 fully saturated rings. The molecule has 0 saturated carbocycles. The standard InChI is InChI=1S/C22H26ClN5O2S/c1-15(2)17-5-9-19(10-6-17)30-13-20-26-27-22(28(20)24)31-14-21(29)25-12-11-16-3-7-18(23)8-4-16/h3-10,15H,11-14,24H2,1-2H3,(H,25,29). The van der Waals surface area contributed by atoms with Crippen molar-refractivity contribution in [1.29, 1.82) is 0 Å². The maximum absolute atomic E-state index is 12.1. The lowest BCUT2D eigenvalue weighted by atomic mass is 10.0. The van der Waals surface area contributed by atoms with Crippen LogP contribution in [0.1, 0.15) is 36.7 Å². The van der Waals surface area contributed by atoms with Gasteiger partial charge < -0.3 is 15.9 Å². The zero-order valence-corrected chi connectivity index (χ0v) is 19.1. The summed E-state index contributed by atoms with van der Waals surface area (Å²) in [4.78, 5) is 12.1. The van der Waals surface area contributed by atoms with Gasteiger partial charge in [0.15, 0.2) is 5.82 Å². The van der Waals surface area contributed by atoms with Crippen molar-refractivity contribution in [3.63, 3.8) is 0 Å². The van der Waals surface area contributed by atoms with Crippen molar-refractivity contribution in [1.82, 2.24) is 20.2 Å². The molecule has 31 heavy (non-hydrogen) atoms. The summed E-state index contributed by atoms with van der Waals surface area (Å²) in [5.74, 6) is 7.85. The molecular formula is C22H26ClN5O2S. The van der Waals surface area contributed by atoms with Crippen LogP contribution in [0, 0.1) is 0 Å². The highest BCUT2D eigenvalue weighted by molar-refractivity contribution is 7.99. The Kier molecular flexibility index (Phi) is 8.20. The summed E-state index contributed by atoms with van der Waals surface area (Å²) in [5, 5.41) is 12.2. The molecule has 0 unspecified atom stereocenters. The van der Waals surface area contributed by atoms with E-state index in [0.29, 0.717) is 28.5 Å². The number of nitrogens with two attached hydrogens (primary N) is 1. The molecule has 7 nitrogen and oxygen atoms in total. The van der Waals surface area contributed by atoms with E-state index in [0.717, 1.165) is 17.7 Å². The lowest BCUT2D eigenvalue weighted by Gasteiger charge is -2.09. The van der Waals surface area contributed by atoms with Crippen LogP contribution in [0.4, 0.5) is 0 Å². The Morgan fingerprint density at radius 3 is 2.55 bits per heavy atom. The molecule has 0 radical (unpaired) electrons. The van der Waals surface area contributed by atoms with Crippen molar-refractivity contribution in [3.8, 4) is 5.75 Å². The summed E-state index contributed by atoms with van der Waals surface area (Å²) in [6.45, 7) is 5.03. The molecular weight excluding hydrogens is 434 g/mol. The number of nitrogens with zero attached hydrogens (tertiary/aromatic N) is 3. The Balaban J connectivity index is 1.42. The molecule has 2 aromatic carbocycles. The van der Waals surface area contributed by atoms with Gasteiger partial charge >= 0.3 is 0 Å². The summed E-state index contributed by atoms with van der Waals surface area (Å²) in [7, 11) is 0. The highest BCUT2D eigenvalue weighted by atomic mass is 35.5. The number of carbonyl (C=O) groups is 1. The maximum Gasteiger partial charge on any atom is 0.230 e. The zero-order chi connectivity index (χ0) is 22.2. The van der Waals surface area contributed by atoms with Gasteiger partial charge in [-0.25, -0.2) is 4.68 Å². The zero-order valence-electron chi connectivity index (χ0n) is 17.5. The third-order valence-corrected chi connectivity index (χ3v) is 5.83. The number of ether oxygens (including phenoxy) is 1. The summed E-state index contributed by atoms with van der Waals surface area (Å²) in [6.07, 6.45) is 0.736. The number of halogens is 1. The number of amides is 1. The van der Waals surface area contributed by atoms with Gasteiger partial charge in [-0.3, -0.25) is 4.79 Å². The van der Waals surface area contributed by atoms with Crippen LogP contribution in [-0.2, 0) is 17.8 Å². The van der Waals surface area contributed by atoms with Gasteiger partial charge in [-0.1, -0.05) is 61.5 Å². The van der Waals surface area contributed by atoms with Crippen molar-refractivity contribution in [2.75, 3.05) is 18.1 Å². The predicted octanol–water partition coefficient (Wildman–Crippen LogP) is 3.80. The Morgan fingerprint density at radius 1 is 1.16 bits per heavy atom. The Labute approximate surface area is 191 Å². The van der Waals surface area contributed by atoms with Gasteiger partial charge in [-0.2, -0.15) is 0 Å². The smallest absolute Gasteiger partial charge is 0.230 e. The fourth-order valence-electron chi connectivity index (χ4n) is 2.78. The second-order valence-electron chi connectivity index (χ2n) is 7.30. The molecule has 3 rings (SSSR count). The van der Waals surface area contributed by atoms with Gasteiger partial charge in [0.05, 0.1) is 5.75 Å². The van der Waals surface area contributed by atoms with Gasteiger partial charge in [-0.15, -0.1) is 10.2 Å². The molecule has 0 aliphatic rings. The molecule has 0 aliphatic carbocycles. The fourth-order valence-corrected chi connectivity index (χ4v) is 3.61. The van der Waals surface area contributed by atoms with E-state index in [1.165, 1.54) is 22.0 Å². The van der Waals surface area contributed by atoms with E-state index < -0.39 is 0 Å². The largest absolute Gasteiger partial charge is 0.486 e. The Bertz CT molecular complexity index is 990. The van der Waals surface area contributed by atoms with Crippen molar-refractivity contribution in [3.05, 3.63) is 70.5 Å². The Hall–Kier alpha value is -2.71. The number of aromatic nitrogens is 3. The molecule has 1 aromatic heterocycles. The van der Waals surface area contributed by atoms with Crippen LogP contribution in [0.15, 0.2) is 53.7 Å². The van der Waals surface area contributed by atoms with Crippen LogP contribution in [-0.4, -0.2) is 33.1 Å². The SMILES string of the molecule is CC(C)c1ccc(OCc2nnc(SCC(=O)NCCc3ccc(Cl)cc3)n2N)cc1. The van der Waals surface area contributed by atoms with E-state index in [2.05, 4.69) is 29.4 Å². The second-order valence-corrected chi connectivity index (χ2v) is 8.68. The number of nitrogen functional groups attached to an aromatic ring is 1. The highest BCUT2D eigenvalue weighted by Crippen LogP contribution is 2.20. The van der Waals surface area contributed by atoms with Gasteiger partial charge in [0.1, 0.15) is 12.4 Å². The minimum atomic E-state index is -0.0926. The average Bonchev–Trinajstić information content (AvgIpc) is 3.12. The van der Waals surface area contributed by atoms with E-state index in [1.54, 1.807) is 0 Å². The molecule has 0 bridgehead atoms. The van der Waals surface area contributed by atoms with E-state index in [-0.39, 0.29) is 18.3 Å². The molecule has 0 atom stereocenters. The number of thioether (sulfide) groups is 1. The van der Waals surface area contributed by atoms with E-state index in [4.69, 9.17) is 22.2 Å². The summed E-state index contributed by atoms with van der Waals surface area (Å²) in [5.41, 5.74) is 2.36. The Morgan fingerprint density at radius 2 is 1.87 bits per heavy atom. The molecule has 1 heterocycles. The van der Waals surface area contributed by atoms with Crippen molar-refractivity contribution in [2.45, 2.75) is 37.9 Å². The first-order valence-corrected chi connectivity index (χ1v) is 11.3. The molecule has 3 aromatic rings. The van der Waals surface area contributed by atoms with Crippen LogP contribution >= 0.6 is 23.4 Å². The molecule has 0 aliphatic heterocycles. The fraction of sp³-hybridized carbons (Fsp3) is 0.318. The van der Waals surface area contributed by atoms with Gasteiger partial charge in [0.25, 0.3) is 0 Å². The van der Waals surface area contributed by atoms with E-state index in [1.807, 2.05) is 48.5 Å². The molecule has 1 amide bonds. The van der Waals surface area contributed by atoms with Crippen LogP contribution in [0.5, 0.6) is 5.75 Å². The van der Waals surface area contributed by atoms with Gasteiger partial charge in [0.2, 0.25) is 11.1 Å². The summed E-state index contributed by atoms with van der Waals surface area (Å²) >= 11 is 7.10. The summed E-state index contributed by atoms with van der Waals surface area (Å²) < 4.78 is 7.10. The van der Waals surface area contributed by atoms with Gasteiger partial charge in [-0.05, 0) is 47.7 Å². The third-order valence-electron chi connectivity index (χ3n) is 4.63. The topological polar surface area (TPSA) is 95.1 Å². The quantitative estimate of drug-likeness (QED) is 0.353. The predicted molar refractivity (Wildman–Crippen MR) is 124 cm³/mol. The van der Waals surface area contributed by atoms with E-state index in [9.17, 15) is 4.79 Å². The van der Waals surface area contributed by atoms with Gasteiger partial charge in [0, 0.05) is 11.6 Å². The summed E-state index contributed by atoms with van der Waals surface area (Å²) in [6, 6.07) is 15.5. The van der Waals surface area contributed by atoms with Crippen LogP contribution < -0.4 is 15.9 Å². The van der Waals surface area contributed by atoms with Crippen molar-refractivity contribution >= 4 is 29.3 Å². The number of carbonyl (C=O) groups excluding carboxylic acids is 1. The normalized spacial score (nSPS) is 11.0. The maximum atomic E-state index is 12.1. The third kappa shape index (κ3) is 6.90. The minimum absolute atomic E-state index is 0.0926. The van der Waals surface area contributed by atoms with Crippen molar-refractivity contribution in [2.24, 2.45) is 0 Å². The minimum Gasteiger partial charge on any atom is -0.486 e. The molecule has 3 N–H and O–H groups in total.